The number of aromatic nitrogens is 2. The molecule has 1 aromatic heterocycles. The Bertz CT molecular complexity index is 466. The molecule has 0 aromatic carbocycles. The number of aliphatic hydroxyl groups is 1. The van der Waals surface area contributed by atoms with Gasteiger partial charge in [0.1, 0.15) is 6.54 Å². The molecular formula is C11H14F3N3O2. The number of carbonyl (C=O) groups excluding carboxylic acids is 1. The molecule has 0 unspecified atom stereocenters. The van der Waals surface area contributed by atoms with Gasteiger partial charge in [-0.25, -0.2) is 0 Å². The summed E-state index contributed by atoms with van der Waals surface area (Å²) >= 11 is 0. The molecule has 0 bridgehead atoms. The van der Waals surface area contributed by atoms with Crippen molar-refractivity contribution in [2.24, 2.45) is 5.41 Å². The van der Waals surface area contributed by atoms with Gasteiger partial charge in [-0.05, 0) is 18.9 Å². The summed E-state index contributed by atoms with van der Waals surface area (Å²) < 4.78 is 37.8. The van der Waals surface area contributed by atoms with Gasteiger partial charge in [0.2, 0.25) is 5.91 Å². The van der Waals surface area contributed by atoms with E-state index >= 15 is 0 Å². The largest absolute Gasteiger partial charge is 0.435 e. The lowest BCUT2D eigenvalue weighted by molar-refractivity contribution is -0.141. The zero-order valence-corrected chi connectivity index (χ0v) is 10.1. The normalized spacial score (nSPS) is 17.3. The average molecular weight is 277 g/mol. The van der Waals surface area contributed by atoms with Crippen LogP contribution in [-0.4, -0.2) is 33.9 Å². The Morgan fingerprint density at radius 3 is 2.68 bits per heavy atom. The molecule has 1 amide bonds. The van der Waals surface area contributed by atoms with Crippen molar-refractivity contribution < 1.29 is 23.1 Å². The molecule has 0 radical (unpaired) electrons. The number of alkyl halides is 3. The Hall–Kier alpha value is -1.57. The van der Waals surface area contributed by atoms with E-state index in [2.05, 4.69) is 10.4 Å². The number of hydrogen-bond donors (Lipinski definition) is 2. The quantitative estimate of drug-likeness (QED) is 0.836. The first kappa shape index (κ1) is 13.9. The number of nitrogens with one attached hydrogen (secondary N) is 1. The third kappa shape index (κ3) is 3.46. The zero-order valence-electron chi connectivity index (χ0n) is 10.1. The van der Waals surface area contributed by atoms with Crippen LogP contribution >= 0.6 is 0 Å². The van der Waals surface area contributed by atoms with Crippen molar-refractivity contribution in [3.05, 3.63) is 18.0 Å². The summed E-state index contributed by atoms with van der Waals surface area (Å²) in [5.74, 6) is -0.420. The second-order valence-corrected chi connectivity index (χ2v) is 4.83. The van der Waals surface area contributed by atoms with Gasteiger partial charge in [-0.15, -0.1) is 0 Å². The van der Waals surface area contributed by atoms with Gasteiger partial charge in [0, 0.05) is 18.2 Å². The first-order valence-corrected chi connectivity index (χ1v) is 5.83. The lowest BCUT2D eigenvalue weighted by Crippen LogP contribution is -2.34. The number of carbonyl (C=O) groups is 1. The van der Waals surface area contributed by atoms with Crippen LogP contribution in [-0.2, 0) is 17.5 Å². The number of halogens is 3. The molecule has 1 heterocycles. The number of aliphatic hydroxyl groups excluding tert-OH is 1. The molecule has 0 saturated heterocycles. The molecular weight excluding hydrogens is 263 g/mol. The van der Waals surface area contributed by atoms with Gasteiger partial charge >= 0.3 is 6.18 Å². The fourth-order valence-corrected chi connectivity index (χ4v) is 1.66. The Labute approximate surface area is 107 Å². The maximum absolute atomic E-state index is 12.3. The lowest BCUT2D eigenvalue weighted by atomic mass is 10.1. The summed E-state index contributed by atoms with van der Waals surface area (Å²) in [6.07, 6.45) is -1.69. The Morgan fingerprint density at radius 1 is 1.53 bits per heavy atom. The van der Waals surface area contributed by atoms with Gasteiger partial charge in [0.05, 0.1) is 6.61 Å². The van der Waals surface area contributed by atoms with Gasteiger partial charge in [-0.2, -0.15) is 18.3 Å². The van der Waals surface area contributed by atoms with Crippen LogP contribution in [0.1, 0.15) is 18.5 Å². The third-order valence-electron chi connectivity index (χ3n) is 3.19. The molecule has 1 saturated carbocycles. The highest BCUT2D eigenvalue weighted by Crippen LogP contribution is 2.44. The highest BCUT2D eigenvalue weighted by atomic mass is 19.4. The van der Waals surface area contributed by atoms with E-state index in [-0.39, 0.29) is 18.6 Å². The predicted octanol–water partition coefficient (Wildman–Crippen LogP) is 0.791. The first-order chi connectivity index (χ1) is 8.85. The van der Waals surface area contributed by atoms with Crippen LogP contribution in [0.3, 0.4) is 0 Å². The fraction of sp³-hybridized carbons (Fsp3) is 0.636. The standard InChI is InChI=1S/C11H14F3N3O2/c12-11(13,14)8-1-4-17(16-8)5-9(19)15-6-10(7-18)2-3-10/h1,4,18H,2-3,5-7H2,(H,15,19). The topological polar surface area (TPSA) is 67.2 Å². The number of rotatable bonds is 5. The number of nitrogens with zero attached hydrogens (tertiary/aromatic N) is 2. The van der Waals surface area contributed by atoms with E-state index in [1.807, 2.05) is 0 Å². The molecule has 2 N–H and O–H groups in total. The molecule has 2 rings (SSSR count). The molecule has 1 aliphatic rings. The second-order valence-electron chi connectivity index (χ2n) is 4.83. The summed E-state index contributed by atoms with van der Waals surface area (Å²) in [5, 5.41) is 14.9. The van der Waals surface area contributed by atoms with E-state index in [1.54, 1.807) is 0 Å². The van der Waals surface area contributed by atoms with Gasteiger partial charge in [-0.1, -0.05) is 0 Å². The minimum atomic E-state index is -4.50. The smallest absolute Gasteiger partial charge is 0.396 e. The molecule has 106 valence electrons. The summed E-state index contributed by atoms with van der Waals surface area (Å²) in [6, 6.07) is 0.823. The van der Waals surface area contributed by atoms with E-state index in [0.717, 1.165) is 29.8 Å². The maximum Gasteiger partial charge on any atom is 0.435 e. The Balaban J connectivity index is 1.84. The van der Waals surface area contributed by atoms with Crippen molar-refractivity contribution in [3.63, 3.8) is 0 Å². The molecule has 1 fully saturated rings. The zero-order chi connectivity index (χ0) is 14.1. The van der Waals surface area contributed by atoms with Crippen LogP contribution < -0.4 is 5.32 Å². The SMILES string of the molecule is O=C(Cn1ccc(C(F)(F)F)n1)NCC1(CO)CC1. The van der Waals surface area contributed by atoms with Crippen molar-refractivity contribution in [1.29, 1.82) is 0 Å². The van der Waals surface area contributed by atoms with E-state index in [1.165, 1.54) is 0 Å². The van der Waals surface area contributed by atoms with E-state index < -0.39 is 17.8 Å². The van der Waals surface area contributed by atoms with Gasteiger partial charge in [0.15, 0.2) is 5.69 Å². The second kappa shape index (κ2) is 4.84. The maximum atomic E-state index is 12.3. The van der Waals surface area contributed by atoms with Crippen molar-refractivity contribution in [1.82, 2.24) is 15.1 Å². The summed E-state index contributed by atoms with van der Waals surface area (Å²) in [7, 11) is 0. The lowest BCUT2D eigenvalue weighted by Gasteiger charge is -2.12. The predicted molar refractivity (Wildman–Crippen MR) is 59.0 cm³/mol. The monoisotopic (exact) mass is 277 g/mol. The van der Waals surface area contributed by atoms with Crippen molar-refractivity contribution >= 4 is 5.91 Å². The van der Waals surface area contributed by atoms with Crippen LogP contribution in [0, 0.1) is 5.41 Å². The van der Waals surface area contributed by atoms with Crippen molar-refractivity contribution in [2.75, 3.05) is 13.2 Å². The minimum Gasteiger partial charge on any atom is -0.396 e. The molecule has 1 aromatic rings. The molecule has 0 atom stereocenters. The summed E-state index contributed by atoms with van der Waals surface area (Å²) in [6.45, 7) is 0.0839. The number of hydrogen-bond acceptors (Lipinski definition) is 3. The van der Waals surface area contributed by atoms with Gasteiger partial charge in [0.25, 0.3) is 0 Å². The first-order valence-electron chi connectivity index (χ1n) is 5.83. The average Bonchev–Trinajstić information content (AvgIpc) is 2.96. The van der Waals surface area contributed by atoms with Crippen molar-refractivity contribution in [3.8, 4) is 0 Å². The van der Waals surface area contributed by atoms with E-state index in [9.17, 15) is 18.0 Å². The van der Waals surface area contributed by atoms with Crippen LogP contribution in [0.5, 0.6) is 0 Å². The molecule has 1 aliphatic carbocycles. The highest BCUT2D eigenvalue weighted by Gasteiger charge is 2.42. The van der Waals surface area contributed by atoms with Crippen LogP contribution in [0.15, 0.2) is 12.3 Å². The molecule has 0 aliphatic heterocycles. The van der Waals surface area contributed by atoms with E-state index in [0.29, 0.717) is 6.54 Å². The molecule has 8 heteroatoms. The third-order valence-corrected chi connectivity index (χ3v) is 3.19. The van der Waals surface area contributed by atoms with Crippen LogP contribution in [0.4, 0.5) is 13.2 Å². The van der Waals surface area contributed by atoms with Crippen LogP contribution in [0.2, 0.25) is 0 Å². The summed E-state index contributed by atoms with van der Waals surface area (Å²) in [4.78, 5) is 11.5. The highest BCUT2D eigenvalue weighted by molar-refractivity contribution is 5.75. The Morgan fingerprint density at radius 2 is 2.21 bits per heavy atom. The van der Waals surface area contributed by atoms with E-state index in [4.69, 9.17) is 5.11 Å². The minimum absolute atomic E-state index is 0.00721. The molecule has 5 nitrogen and oxygen atoms in total. The number of amides is 1. The fourth-order valence-electron chi connectivity index (χ4n) is 1.66. The molecule has 0 spiro atoms. The Kier molecular flexibility index (Phi) is 3.53. The van der Waals surface area contributed by atoms with Crippen molar-refractivity contribution in [2.45, 2.75) is 25.6 Å². The molecule has 19 heavy (non-hydrogen) atoms. The summed E-state index contributed by atoms with van der Waals surface area (Å²) in [5.41, 5.74) is -1.24. The van der Waals surface area contributed by atoms with Gasteiger partial charge < -0.3 is 10.4 Å². The van der Waals surface area contributed by atoms with Gasteiger partial charge in [-0.3, -0.25) is 9.48 Å². The van der Waals surface area contributed by atoms with Crippen LogP contribution in [0.25, 0.3) is 0 Å².